The predicted octanol–water partition coefficient (Wildman–Crippen LogP) is 2.71. The maximum atomic E-state index is 5.56. The van der Waals surface area contributed by atoms with E-state index in [1.165, 1.54) is 0 Å². The minimum absolute atomic E-state index is 0.750. The van der Waals surface area contributed by atoms with Crippen LogP contribution in [0.2, 0.25) is 0 Å². The van der Waals surface area contributed by atoms with E-state index in [0.717, 1.165) is 10.6 Å². The van der Waals surface area contributed by atoms with E-state index in [1.54, 1.807) is 0 Å². The Bertz CT molecular complexity index is 101. The Labute approximate surface area is 49.5 Å². The normalized spacial score (nSPS) is 11.6. The van der Waals surface area contributed by atoms with Gasteiger partial charge in [0.15, 0.2) is 0 Å². The van der Waals surface area contributed by atoms with Gasteiger partial charge >= 0.3 is 0 Å². The van der Waals surface area contributed by atoms with Crippen LogP contribution in [0.4, 0.5) is 0 Å². The van der Waals surface area contributed by atoms with Crippen molar-refractivity contribution < 1.29 is 0 Å². The Morgan fingerprint density at radius 3 is 2.14 bits per heavy atom. The summed E-state index contributed by atoms with van der Waals surface area (Å²) in [5.74, 6) is 0. The van der Waals surface area contributed by atoms with E-state index in [1.807, 2.05) is 19.9 Å². The summed E-state index contributed by atoms with van der Waals surface area (Å²) in [6, 6.07) is 0. The SMILES string of the molecule is C=C(C)C(Cl)=CC. The van der Waals surface area contributed by atoms with Crippen LogP contribution in [-0.4, -0.2) is 0 Å². The number of hydrogen-bond acceptors (Lipinski definition) is 0. The molecule has 0 aliphatic carbocycles. The van der Waals surface area contributed by atoms with E-state index in [4.69, 9.17) is 11.6 Å². The fourth-order valence-corrected chi connectivity index (χ4v) is 0.246. The van der Waals surface area contributed by atoms with Gasteiger partial charge in [-0.3, -0.25) is 0 Å². The van der Waals surface area contributed by atoms with Crippen LogP contribution in [0.1, 0.15) is 13.8 Å². The van der Waals surface area contributed by atoms with Crippen LogP contribution in [-0.2, 0) is 0 Å². The van der Waals surface area contributed by atoms with Gasteiger partial charge in [0.05, 0.1) is 0 Å². The van der Waals surface area contributed by atoms with Gasteiger partial charge in [-0.1, -0.05) is 24.3 Å². The molecule has 40 valence electrons. The molecule has 0 nitrogen and oxygen atoms in total. The summed E-state index contributed by atoms with van der Waals surface area (Å²) in [6.45, 7) is 7.39. The van der Waals surface area contributed by atoms with Crippen molar-refractivity contribution in [2.75, 3.05) is 0 Å². The molecule has 0 aliphatic heterocycles. The lowest BCUT2D eigenvalue weighted by Crippen LogP contribution is -1.67. The average molecular weight is 117 g/mol. The first-order chi connectivity index (χ1) is 3.18. The number of halogens is 1. The molecular formula is C6H9Cl. The molecule has 1 heteroatoms. The lowest BCUT2D eigenvalue weighted by atomic mass is 10.3. The zero-order valence-electron chi connectivity index (χ0n) is 4.66. The maximum absolute atomic E-state index is 5.56. The van der Waals surface area contributed by atoms with Crippen molar-refractivity contribution in [1.29, 1.82) is 0 Å². The van der Waals surface area contributed by atoms with E-state index in [-0.39, 0.29) is 0 Å². The lowest BCUT2D eigenvalue weighted by Gasteiger charge is -1.88. The van der Waals surface area contributed by atoms with Crippen LogP contribution >= 0.6 is 11.6 Å². The van der Waals surface area contributed by atoms with Crippen molar-refractivity contribution in [3.05, 3.63) is 23.3 Å². The lowest BCUT2D eigenvalue weighted by molar-refractivity contribution is 1.50. The highest BCUT2D eigenvalue weighted by Gasteiger charge is 1.84. The third-order valence-electron chi connectivity index (χ3n) is 0.661. The smallest absolute Gasteiger partial charge is 0.0386 e. The summed E-state index contributed by atoms with van der Waals surface area (Å²) >= 11 is 5.56. The molecule has 0 radical (unpaired) electrons. The van der Waals surface area contributed by atoms with Crippen molar-refractivity contribution in [3.63, 3.8) is 0 Å². The molecule has 0 heterocycles. The first kappa shape index (κ1) is 6.77. The Kier molecular flexibility index (Phi) is 2.77. The molecule has 0 aromatic heterocycles. The van der Waals surface area contributed by atoms with Gasteiger partial charge in [0.1, 0.15) is 0 Å². The van der Waals surface area contributed by atoms with Crippen LogP contribution in [0, 0.1) is 0 Å². The minimum atomic E-state index is 0.750. The van der Waals surface area contributed by atoms with Crippen LogP contribution in [0.3, 0.4) is 0 Å². The molecule has 0 atom stereocenters. The van der Waals surface area contributed by atoms with Crippen molar-refractivity contribution in [1.82, 2.24) is 0 Å². The monoisotopic (exact) mass is 116 g/mol. The molecule has 0 saturated carbocycles. The molecule has 0 N–H and O–H groups in total. The fraction of sp³-hybridized carbons (Fsp3) is 0.333. The molecular weight excluding hydrogens is 108 g/mol. The summed E-state index contributed by atoms with van der Waals surface area (Å²) in [5, 5.41) is 0.750. The van der Waals surface area contributed by atoms with Crippen LogP contribution in [0.5, 0.6) is 0 Å². The van der Waals surface area contributed by atoms with Gasteiger partial charge in [-0.25, -0.2) is 0 Å². The van der Waals surface area contributed by atoms with Gasteiger partial charge in [0.2, 0.25) is 0 Å². The van der Waals surface area contributed by atoms with E-state index in [0.29, 0.717) is 0 Å². The van der Waals surface area contributed by atoms with Crippen molar-refractivity contribution >= 4 is 11.6 Å². The molecule has 0 aromatic carbocycles. The molecule has 0 unspecified atom stereocenters. The number of allylic oxidation sites excluding steroid dienone is 3. The minimum Gasteiger partial charge on any atom is -0.0946 e. The Morgan fingerprint density at radius 2 is 2.14 bits per heavy atom. The highest BCUT2D eigenvalue weighted by molar-refractivity contribution is 6.31. The molecule has 0 fully saturated rings. The first-order valence-corrected chi connectivity index (χ1v) is 2.54. The molecule has 0 spiro atoms. The highest BCUT2D eigenvalue weighted by Crippen LogP contribution is 2.09. The van der Waals surface area contributed by atoms with Crippen LogP contribution < -0.4 is 0 Å². The van der Waals surface area contributed by atoms with Crippen molar-refractivity contribution in [2.45, 2.75) is 13.8 Å². The zero-order valence-corrected chi connectivity index (χ0v) is 5.42. The fourth-order valence-electron chi connectivity index (χ4n) is 0.246. The summed E-state index contributed by atoms with van der Waals surface area (Å²) in [7, 11) is 0. The highest BCUT2D eigenvalue weighted by atomic mass is 35.5. The second-order valence-electron chi connectivity index (χ2n) is 1.42. The molecule has 0 amide bonds. The zero-order chi connectivity index (χ0) is 5.86. The second-order valence-corrected chi connectivity index (χ2v) is 1.82. The van der Waals surface area contributed by atoms with E-state index < -0.39 is 0 Å². The Morgan fingerprint density at radius 1 is 1.71 bits per heavy atom. The van der Waals surface area contributed by atoms with Crippen molar-refractivity contribution in [3.8, 4) is 0 Å². The quantitative estimate of drug-likeness (QED) is 0.462. The van der Waals surface area contributed by atoms with Crippen molar-refractivity contribution in [2.24, 2.45) is 0 Å². The Balaban J connectivity index is 3.82. The maximum Gasteiger partial charge on any atom is 0.0386 e. The van der Waals surface area contributed by atoms with E-state index in [2.05, 4.69) is 6.58 Å². The molecule has 0 aromatic rings. The third kappa shape index (κ3) is 2.46. The van der Waals surface area contributed by atoms with Crippen LogP contribution in [0.15, 0.2) is 23.3 Å². The third-order valence-corrected chi connectivity index (χ3v) is 1.20. The van der Waals surface area contributed by atoms with Gasteiger partial charge in [-0.15, -0.1) is 0 Å². The van der Waals surface area contributed by atoms with Gasteiger partial charge in [0.25, 0.3) is 0 Å². The van der Waals surface area contributed by atoms with E-state index >= 15 is 0 Å². The summed E-state index contributed by atoms with van der Waals surface area (Å²) in [6.07, 6.45) is 1.82. The first-order valence-electron chi connectivity index (χ1n) is 2.16. The van der Waals surface area contributed by atoms with E-state index in [9.17, 15) is 0 Å². The predicted molar refractivity (Wildman–Crippen MR) is 34.4 cm³/mol. The second kappa shape index (κ2) is 2.86. The van der Waals surface area contributed by atoms with Gasteiger partial charge < -0.3 is 0 Å². The summed E-state index contributed by atoms with van der Waals surface area (Å²) < 4.78 is 0. The van der Waals surface area contributed by atoms with Crippen LogP contribution in [0.25, 0.3) is 0 Å². The molecule has 0 aliphatic rings. The molecule has 0 bridgehead atoms. The molecule has 0 saturated heterocycles. The van der Waals surface area contributed by atoms with Gasteiger partial charge in [0, 0.05) is 5.03 Å². The summed E-state index contributed by atoms with van der Waals surface area (Å²) in [4.78, 5) is 0. The molecule has 0 rings (SSSR count). The largest absolute Gasteiger partial charge is 0.0946 e. The summed E-state index contributed by atoms with van der Waals surface area (Å²) in [5.41, 5.74) is 0.921. The average Bonchev–Trinajstić information content (AvgIpc) is 1.65. The standard InChI is InChI=1S/C6H9Cl/c1-4-6(7)5(2)3/h4H,2H2,1,3H3. The van der Waals surface area contributed by atoms with Gasteiger partial charge in [-0.2, -0.15) is 0 Å². The Hall–Kier alpha value is -0.230. The topological polar surface area (TPSA) is 0 Å². The van der Waals surface area contributed by atoms with Gasteiger partial charge in [-0.05, 0) is 19.4 Å². The number of hydrogen-bond donors (Lipinski definition) is 0. The molecule has 7 heavy (non-hydrogen) atoms. The number of rotatable bonds is 1.